The monoisotopic (exact) mass is 401 g/mol. The van der Waals surface area contributed by atoms with Gasteiger partial charge in [-0.05, 0) is 41.8 Å². The number of benzene rings is 2. The highest BCUT2D eigenvalue weighted by atomic mass is 79.9. The Bertz CT molecular complexity index is 758. The molecule has 2 aromatic carbocycles. The van der Waals surface area contributed by atoms with Gasteiger partial charge < -0.3 is 5.32 Å². The lowest BCUT2D eigenvalue weighted by molar-refractivity contribution is -0.124. The minimum atomic E-state index is -0.303. The van der Waals surface area contributed by atoms with Gasteiger partial charge in [0.1, 0.15) is 0 Å². The molecule has 0 radical (unpaired) electrons. The summed E-state index contributed by atoms with van der Waals surface area (Å²) in [6, 6.07) is 15.2. The van der Waals surface area contributed by atoms with Crippen LogP contribution in [-0.2, 0) is 16.0 Å². The summed E-state index contributed by atoms with van der Waals surface area (Å²) in [5.41, 5.74) is 5.22. The number of nitrogens with zero attached hydrogens (tertiary/aromatic N) is 1. The zero-order valence-electron chi connectivity index (χ0n) is 14.0. The maximum absolute atomic E-state index is 11.9. The van der Waals surface area contributed by atoms with Crippen LogP contribution in [0.4, 0.5) is 5.69 Å². The molecule has 0 unspecified atom stereocenters. The molecule has 2 rings (SSSR count). The number of hydrazone groups is 1. The van der Waals surface area contributed by atoms with Gasteiger partial charge in [-0.2, -0.15) is 5.10 Å². The molecule has 0 aliphatic rings. The van der Waals surface area contributed by atoms with Crippen molar-refractivity contribution >= 4 is 39.6 Å². The van der Waals surface area contributed by atoms with Crippen molar-refractivity contribution in [2.45, 2.75) is 26.2 Å². The number of hydrogen-bond donors (Lipinski definition) is 2. The molecule has 25 heavy (non-hydrogen) atoms. The summed E-state index contributed by atoms with van der Waals surface area (Å²) in [4.78, 5) is 23.6. The van der Waals surface area contributed by atoms with Crippen LogP contribution in [0.15, 0.2) is 58.1 Å². The van der Waals surface area contributed by atoms with E-state index < -0.39 is 0 Å². The van der Waals surface area contributed by atoms with Gasteiger partial charge >= 0.3 is 0 Å². The molecule has 5 nitrogen and oxygen atoms in total. The number of nitrogens with one attached hydrogen (secondary N) is 2. The van der Waals surface area contributed by atoms with Gasteiger partial charge in [-0.15, -0.1) is 0 Å². The molecule has 0 aliphatic carbocycles. The number of carbonyl (C=O) groups excluding carboxylic acids is 2. The first-order valence-corrected chi connectivity index (χ1v) is 8.82. The number of carbonyl (C=O) groups is 2. The third-order valence-corrected chi connectivity index (χ3v) is 3.97. The number of hydrogen-bond acceptors (Lipinski definition) is 3. The second-order valence-corrected chi connectivity index (χ2v) is 6.36. The first-order valence-electron chi connectivity index (χ1n) is 8.03. The number of aryl methyl sites for hydroxylation is 1. The molecule has 0 heterocycles. The molecule has 6 heteroatoms. The molecule has 0 aromatic heterocycles. The highest BCUT2D eigenvalue weighted by Crippen LogP contribution is 2.11. The fourth-order valence-electron chi connectivity index (χ4n) is 2.10. The SMILES string of the molecule is CCc1ccc(NC(=O)CCC(=O)NN=Cc2cccc(Br)c2)cc1. The number of anilines is 1. The van der Waals surface area contributed by atoms with Gasteiger partial charge in [-0.25, -0.2) is 5.43 Å². The van der Waals surface area contributed by atoms with E-state index in [-0.39, 0.29) is 24.7 Å². The Morgan fingerprint density at radius 3 is 2.48 bits per heavy atom. The second-order valence-electron chi connectivity index (χ2n) is 5.45. The molecule has 2 N–H and O–H groups in total. The first-order chi connectivity index (χ1) is 12.1. The van der Waals surface area contributed by atoms with Crippen LogP contribution in [0, 0.1) is 0 Å². The van der Waals surface area contributed by atoms with Crippen molar-refractivity contribution in [1.82, 2.24) is 5.43 Å². The third kappa shape index (κ3) is 6.89. The van der Waals surface area contributed by atoms with E-state index in [9.17, 15) is 9.59 Å². The van der Waals surface area contributed by atoms with Crippen LogP contribution in [0.3, 0.4) is 0 Å². The van der Waals surface area contributed by atoms with Crippen LogP contribution < -0.4 is 10.7 Å². The topological polar surface area (TPSA) is 70.6 Å². The van der Waals surface area contributed by atoms with Crippen LogP contribution in [0.2, 0.25) is 0 Å². The summed E-state index contributed by atoms with van der Waals surface area (Å²) in [6.45, 7) is 2.07. The molecule has 0 bridgehead atoms. The van der Waals surface area contributed by atoms with Crippen LogP contribution in [0.25, 0.3) is 0 Å². The van der Waals surface area contributed by atoms with Crippen molar-refractivity contribution in [2.75, 3.05) is 5.32 Å². The molecular weight excluding hydrogens is 382 g/mol. The Kier molecular flexibility index (Phi) is 7.35. The lowest BCUT2D eigenvalue weighted by atomic mass is 10.1. The predicted molar refractivity (Wildman–Crippen MR) is 104 cm³/mol. The van der Waals surface area contributed by atoms with Crippen molar-refractivity contribution in [2.24, 2.45) is 5.10 Å². The minimum absolute atomic E-state index is 0.0781. The summed E-state index contributed by atoms with van der Waals surface area (Å²) in [6.07, 6.45) is 2.69. The van der Waals surface area contributed by atoms with E-state index >= 15 is 0 Å². The van der Waals surface area contributed by atoms with Gasteiger partial charge in [0.05, 0.1) is 6.21 Å². The molecule has 2 aromatic rings. The van der Waals surface area contributed by atoms with Crippen LogP contribution >= 0.6 is 15.9 Å². The van der Waals surface area contributed by atoms with E-state index in [0.717, 1.165) is 22.1 Å². The molecule has 0 atom stereocenters. The summed E-state index contributed by atoms with van der Waals surface area (Å²) in [7, 11) is 0. The Balaban J connectivity index is 1.72. The largest absolute Gasteiger partial charge is 0.326 e. The maximum atomic E-state index is 11.9. The zero-order chi connectivity index (χ0) is 18.1. The highest BCUT2D eigenvalue weighted by molar-refractivity contribution is 9.10. The zero-order valence-corrected chi connectivity index (χ0v) is 15.5. The van der Waals surface area contributed by atoms with Crippen molar-refractivity contribution in [1.29, 1.82) is 0 Å². The fraction of sp³-hybridized carbons (Fsp3) is 0.211. The molecule has 0 saturated carbocycles. The average Bonchev–Trinajstić information content (AvgIpc) is 2.61. The Morgan fingerprint density at radius 1 is 1.08 bits per heavy atom. The lowest BCUT2D eigenvalue weighted by Gasteiger charge is -2.05. The van der Waals surface area contributed by atoms with Gasteiger partial charge in [-0.1, -0.05) is 47.1 Å². The van der Waals surface area contributed by atoms with E-state index in [0.29, 0.717) is 0 Å². The van der Waals surface area contributed by atoms with E-state index in [2.05, 4.69) is 38.7 Å². The molecule has 0 spiro atoms. The van der Waals surface area contributed by atoms with Crippen molar-refractivity contribution in [3.8, 4) is 0 Å². The van der Waals surface area contributed by atoms with Crippen LogP contribution in [0.5, 0.6) is 0 Å². The molecule has 0 aliphatic heterocycles. The Morgan fingerprint density at radius 2 is 1.80 bits per heavy atom. The van der Waals surface area contributed by atoms with E-state index in [1.165, 1.54) is 5.56 Å². The second kappa shape index (κ2) is 9.74. The fourth-order valence-corrected chi connectivity index (χ4v) is 2.51. The number of amides is 2. The molecule has 0 saturated heterocycles. The van der Waals surface area contributed by atoms with Crippen molar-refractivity contribution < 1.29 is 9.59 Å². The van der Waals surface area contributed by atoms with Gasteiger partial charge in [-0.3, -0.25) is 9.59 Å². The molecule has 130 valence electrons. The number of rotatable bonds is 7. The first kappa shape index (κ1) is 18.9. The molecular formula is C19H20BrN3O2. The lowest BCUT2D eigenvalue weighted by Crippen LogP contribution is -2.20. The normalized spacial score (nSPS) is 10.6. The van der Waals surface area contributed by atoms with Gasteiger partial charge in [0.15, 0.2) is 0 Å². The van der Waals surface area contributed by atoms with Crippen LogP contribution in [0.1, 0.15) is 30.9 Å². The highest BCUT2D eigenvalue weighted by Gasteiger charge is 2.06. The van der Waals surface area contributed by atoms with Crippen molar-refractivity contribution in [3.63, 3.8) is 0 Å². The van der Waals surface area contributed by atoms with E-state index in [1.807, 2.05) is 48.5 Å². The average molecular weight is 402 g/mol. The van der Waals surface area contributed by atoms with Crippen LogP contribution in [-0.4, -0.2) is 18.0 Å². The van der Waals surface area contributed by atoms with Gasteiger partial charge in [0.2, 0.25) is 11.8 Å². The van der Waals surface area contributed by atoms with E-state index in [1.54, 1.807) is 6.21 Å². The van der Waals surface area contributed by atoms with Gasteiger partial charge in [0, 0.05) is 23.0 Å². The Labute approximate surface area is 155 Å². The van der Waals surface area contributed by atoms with E-state index in [4.69, 9.17) is 0 Å². The maximum Gasteiger partial charge on any atom is 0.240 e. The van der Waals surface area contributed by atoms with Gasteiger partial charge in [0.25, 0.3) is 0 Å². The molecule has 2 amide bonds. The predicted octanol–water partition coefficient (Wildman–Crippen LogP) is 3.88. The summed E-state index contributed by atoms with van der Waals surface area (Å²) in [5, 5.41) is 6.66. The summed E-state index contributed by atoms with van der Waals surface area (Å²) in [5.74, 6) is -0.502. The Hall–Kier alpha value is -2.47. The molecule has 0 fully saturated rings. The summed E-state index contributed by atoms with van der Waals surface area (Å²) < 4.78 is 0.936. The third-order valence-electron chi connectivity index (χ3n) is 3.48. The quantitative estimate of drug-likeness (QED) is 0.545. The number of halogens is 1. The smallest absolute Gasteiger partial charge is 0.240 e. The standard InChI is InChI=1S/C19H20BrN3O2/c1-2-14-6-8-17(9-7-14)22-18(24)10-11-19(25)23-21-13-15-4-3-5-16(20)12-15/h3-9,12-13H,2,10-11H2,1H3,(H,22,24)(H,23,25). The summed E-state index contributed by atoms with van der Waals surface area (Å²) >= 11 is 3.37. The minimum Gasteiger partial charge on any atom is -0.326 e. The van der Waals surface area contributed by atoms with Crippen molar-refractivity contribution in [3.05, 3.63) is 64.1 Å².